The number of amides is 1. The van der Waals surface area contributed by atoms with Gasteiger partial charge in [-0.15, -0.1) is 14.1 Å². The lowest BCUT2D eigenvalue weighted by atomic mass is 9.99. The highest BCUT2D eigenvalue weighted by Crippen LogP contribution is 2.47. The first-order chi connectivity index (χ1) is 22.7. The summed E-state index contributed by atoms with van der Waals surface area (Å²) in [5.41, 5.74) is 5.37. The number of nitrogens with zero attached hydrogens (tertiary/aromatic N) is 4. The minimum atomic E-state index is -2.63. The number of carbonyl (C=O) groups is 1. The molecule has 1 unspecified atom stereocenters. The van der Waals surface area contributed by atoms with Crippen molar-refractivity contribution >= 4 is 46.6 Å². The molecule has 2 aromatic heterocycles. The first-order valence-electron chi connectivity index (χ1n) is 16.4. The van der Waals surface area contributed by atoms with Gasteiger partial charge in [-0.2, -0.15) is 23.7 Å². The molecule has 0 radical (unpaired) electrons. The maximum Gasteiger partial charge on any atom is 0.408 e. The number of imidazole rings is 2. The number of H-pyrrole nitrogens is 2. The van der Waals surface area contributed by atoms with Gasteiger partial charge in [-0.05, 0) is 61.2 Å². The van der Waals surface area contributed by atoms with E-state index in [1.165, 1.54) is 0 Å². The van der Waals surface area contributed by atoms with Crippen LogP contribution in [0.25, 0.3) is 44.2 Å². The smallest absolute Gasteiger partial charge is 0.408 e. The molecule has 2 atom stereocenters. The lowest BCUT2D eigenvalue weighted by molar-refractivity contribution is 0.0229. The van der Waals surface area contributed by atoms with E-state index in [0.717, 1.165) is 62.2 Å². The summed E-state index contributed by atoms with van der Waals surface area (Å²) in [6.45, 7) is 14.8. The number of ether oxygens (including phenoxy) is 1. The minimum absolute atomic E-state index is 0.129. The molecule has 2 aliphatic heterocycles. The Kier molecular flexibility index (Phi) is 7.97. The highest BCUT2D eigenvalue weighted by molar-refractivity contribution is 8.24. The van der Waals surface area contributed by atoms with E-state index in [2.05, 4.69) is 89.2 Å². The van der Waals surface area contributed by atoms with Gasteiger partial charge in [-0.1, -0.05) is 55.2 Å². The Balaban J connectivity index is 1.13. The number of aromatic amines is 2. The Labute approximate surface area is 283 Å². The fourth-order valence-corrected chi connectivity index (χ4v) is 11.4. The fourth-order valence-electron chi connectivity index (χ4n) is 6.97. The molecular weight excluding hydrogens is 641 g/mol. The standard InChI is InChI=1S/C36H44N6O4SSi/c1-7-41-16-17-47(44,45)20-30(41)33-37-19-29(39-33)24-10-8-23(9-11-24)25-12-14-27-26(18-25)13-15-28-32(27)40-34(38-28)31-21-48(5,6)22-42(31)35(43)46-36(2,3)4/h7-15,18-19,30-31,44-45H,1,16-17,20-22H2,2-6H3,(H,37,39)(H,38,40)/q-1/t30?,31-/m0/s1. The lowest BCUT2D eigenvalue weighted by Gasteiger charge is -2.45. The van der Waals surface area contributed by atoms with Crippen LogP contribution in [-0.4, -0.2) is 82.8 Å². The van der Waals surface area contributed by atoms with Crippen molar-refractivity contribution in [3.8, 4) is 22.4 Å². The predicted octanol–water partition coefficient (Wildman–Crippen LogP) is 8.56. The number of carbonyl (C=O) groups excluding carboxylic acids is 1. The molecule has 5 aromatic rings. The van der Waals surface area contributed by atoms with Gasteiger partial charge in [0.25, 0.3) is 0 Å². The minimum Gasteiger partial charge on any atom is -0.444 e. The molecule has 2 fully saturated rings. The number of nitrogens with one attached hydrogen (secondary N) is 2. The largest absolute Gasteiger partial charge is 0.444 e. The summed E-state index contributed by atoms with van der Waals surface area (Å²) < 4.78 is 26.5. The summed E-state index contributed by atoms with van der Waals surface area (Å²) in [5.74, 6) is 2.11. The van der Waals surface area contributed by atoms with Crippen LogP contribution in [0, 0.1) is 0 Å². The van der Waals surface area contributed by atoms with Crippen LogP contribution in [0.1, 0.15) is 44.5 Å². The topological polar surface area (TPSA) is 131 Å². The number of hydrogen-bond donors (Lipinski definition) is 4. The molecular formula is C36H44N6O4SSi-. The molecule has 0 spiro atoms. The molecule has 10 nitrogen and oxygen atoms in total. The molecule has 1 amide bonds. The highest BCUT2D eigenvalue weighted by atomic mass is 32.3. The SMILES string of the molecule is C=CN1CCS(O)(O)CC1c1ncc(-c2ccc(-c3ccc4c(ccc5[nH]c([C@@H]6C[Si-](C)(C)CN6C(=O)OC(C)(C)C)nc54)c3)cc2)[nH]1. The second-order valence-corrected chi connectivity index (χ2v) is 22.3. The van der Waals surface area contributed by atoms with Crippen molar-refractivity contribution in [3.63, 3.8) is 0 Å². The van der Waals surface area contributed by atoms with Crippen LogP contribution in [0.3, 0.4) is 0 Å². The van der Waals surface area contributed by atoms with Gasteiger partial charge in [0.15, 0.2) is 0 Å². The first kappa shape index (κ1) is 32.4. The van der Waals surface area contributed by atoms with Crippen LogP contribution in [0.5, 0.6) is 0 Å². The zero-order valence-corrected chi connectivity index (χ0v) is 30.0. The van der Waals surface area contributed by atoms with Gasteiger partial charge in [-0.3, -0.25) is 9.11 Å². The third kappa shape index (κ3) is 6.37. The molecule has 253 valence electrons. The van der Waals surface area contributed by atoms with E-state index < -0.39 is 24.3 Å². The van der Waals surface area contributed by atoms with Gasteiger partial charge in [-0.25, -0.2) is 14.8 Å². The van der Waals surface area contributed by atoms with Crippen LogP contribution in [0.15, 0.2) is 73.6 Å². The fraction of sp³-hybridized carbons (Fsp3) is 0.361. The normalized spacial score (nSPS) is 21.5. The third-order valence-electron chi connectivity index (χ3n) is 9.33. The zero-order valence-electron chi connectivity index (χ0n) is 28.2. The van der Waals surface area contributed by atoms with Crippen molar-refractivity contribution < 1.29 is 18.6 Å². The number of rotatable bonds is 5. The molecule has 0 saturated carbocycles. The van der Waals surface area contributed by atoms with Crippen molar-refractivity contribution in [1.29, 1.82) is 0 Å². The van der Waals surface area contributed by atoms with Gasteiger partial charge < -0.3 is 24.5 Å². The molecule has 0 aliphatic carbocycles. The van der Waals surface area contributed by atoms with Crippen molar-refractivity contribution in [2.24, 2.45) is 0 Å². The van der Waals surface area contributed by atoms with Crippen LogP contribution in [0.2, 0.25) is 19.1 Å². The summed E-state index contributed by atoms with van der Waals surface area (Å²) in [6, 6.07) is 19.6. The van der Waals surface area contributed by atoms with E-state index in [0.29, 0.717) is 18.1 Å². The van der Waals surface area contributed by atoms with Gasteiger partial charge >= 0.3 is 6.09 Å². The molecule has 2 saturated heterocycles. The third-order valence-corrected chi connectivity index (χ3v) is 13.7. The molecule has 12 heteroatoms. The molecule has 7 rings (SSSR count). The number of fused-ring (bicyclic) bond motifs is 3. The van der Waals surface area contributed by atoms with Crippen molar-refractivity contribution in [2.45, 2.75) is 57.6 Å². The summed E-state index contributed by atoms with van der Waals surface area (Å²) in [6.07, 6.45) is 4.02. The van der Waals surface area contributed by atoms with Crippen molar-refractivity contribution in [2.75, 3.05) is 24.2 Å². The van der Waals surface area contributed by atoms with Gasteiger partial charge in [0.05, 0.1) is 40.5 Å². The summed E-state index contributed by atoms with van der Waals surface area (Å²) >= 11 is 0. The Morgan fingerprint density at radius 3 is 2.48 bits per heavy atom. The molecule has 48 heavy (non-hydrogen) atoms. The first-order valence-corrected chi connectivity index (χ1v) is 21.7. The molecule has 0 bridgehead atoms. The lowest BCUT2D eigenvalue weighted by Crippen LogP contribution is -2.39. The van der Waals surface area contributed by atoms with E-state index in [1.54, 1.807) is 12.4 Å². The Bertz CT molecular complexity index is 2010. The maximum absolute atomic E-state index is 13.2. The second-order valence-electron chi connectivity index (χ2n) is 14.9. The molecule has 2 aliphatic rings. The summed E-state index contributed by atoms with van der Waals surface area (Å²) in [5, 5.41) is 2.15. The van der Waals surface area contributed by atoms with Gasteiger partial charge in [0.1, 0.15) is 23.3 Å². The Morgan fingerprint density at radius 1 is 1.02 bits per heavy atom. The summed E-state index contributed by atoms with van der Waals surface area (Å²) in [4.78, 5) is 33.7. The monoisotopic (exact) mass is 684 g/mol. The zero-order chi connectivity index (χ0) is 34.0. The van der Waals surface area contributed by atoms with Crippen LogP contribution in [-0.2, 0) is 4.74 Å². The highest BCUT2D eigenvalue weighted by Gasteiger charge is 2.38. The quantitative estimate of drug-likeness (QED) is 0.137. The Hall–Kier alpha value is -4.10. The van der Waals surface area contributed by atoms with Gasteiger partial charge in [0, 0.05) is 11.9 Å². The molecule has 4 N–H and O–H groups in total. The van der Waals surface area contributed by atoms with Crippen molar-refractivity contribution in [3.05, 3.63) is 85.2 Å². The van der Waals surface area contributed by atoms with Gasteiger partial charge in [0.2, 0.25) is 0 Å². The van der Waals surface area contributed by atoms with E-state index in [9.17, 15) is 13.9 Å². The van der Waals surface area contributed by atoms with Crippen LogP contribution in [0.4, 0.5) is 4.79 Å². The maximum atomic E-state index is 13.2. The van der Waals surface area contributed by atoms with Crippen LogP contribution < -0.4 is 0 Å². The molecule has 4 heterocycles. The van der Waals surface area contributed by atoms with Crippen LogP contribution >= 0.6 is 10.6 Å². The van der Waals surface area contributed by atoms with E-state index in [1.807, 2.05) is 30.6 Å². The average Bonchev–Trinajstić information content (AvgIpc) is 3.77. The van der Waals surface area contributed by atoms with Crippen molar-refractivity contribution in [1.82, 2.24) is 29.7 Å². The predicted molar refractivity (Wildman–Crippen MR) is 197 cm³/mol. The number of benzene rings is 3. The van der Waals surface area contributed by atoms with E-state index in [4.69, 9.17) is 9.72 Å². The van der Waals surface area contributed by atoms with E-state index >= 15 is 0 Å². The van der Waals surface area contributed by atoms with E-state index in [-0.39, 0.29) is 23.9 Å². The average molecular weight is 685 g/mol. The second kappa shape index (κ2) is 11.8. The number of hydrogen-bond acceptors (Lipinski definition) is 7. The molecule has 3 aromatic carbocycles. The summed E-state index contributed by atoms with van der Waals surface area (Å²) in [7, 11) is -4.27. The Morgan fingerprint density at radius 2 is 1.75 bits per heavy atom. The number of aromatic nitrogens is 4.